The van der Waals surface area contributed by atoms with Crippen molar-refractivity contribution < 1.29 is 18.0 Å². The van der Waals surface area contributed by atoms with E-state index < -0.39 is 18.1 Å². The Bertz CT molecular complexity index is 427. The number of amides is 1. The summed E-state index contributed by atoms with van der Waals surface area (Å²) in [5.74, 6) is -0.503. The minimum atomic E-state index is -4.40. The third-order valence-corrected chi connectivity index (χ3v) is 2.76. The molecule has 1 amide bonds. The third kappa shape index (κ3) is 2.20. The Balaban J connectivity index is 2.34. The molecule has 0 spiro atoms. The first-order chi connectivity index (χ1) is 7.89. The van der Waals surface area contributed by atoms with Crippen LogP contribution in [0.25, 0.3) is 0 Å². The van der Waals surface area contributed by atoms with E-state index in [1.807, 2.05) is 0 Å². The van der Waals surface area contributed by atoms with Crippen LogP contribution >= 0.6 is 0 Å². The van der Waals surface area contributed by atoms with Crippen LogP contribution in [0.1, 0.15) is 12.8 Å². The normalized spacial score (nSPS) is 21.0. The van der Waals surface area contributed by atoms with Gasteiger partial charge in [0, 0.05) is 17.8 Å². The van der Waals surface area contributed by atoms with Gasteiger partial charge >= 0.3 is 6.18 Å². The molecule has 1 fully saturated rings. The van der Waals surface area contributed by atoms with Crippen molar-refractivity contribution in [3.63, 3.8) is 0 Å². The van der Waals surface area contributed by atoms with Gasteiger partial charge < -0.3 is 10.6 Å². The predicted octanol–water partition coefficient (Wildman–Crippen LogP) is 2.33. The van der Waals surface area contributed by atoms with E-state index in [0.29, 0.717) is 5.69 Å². The number of hydrogen-bond donors (Lipinski definition) is 1. The molecule has 0 bridgehead atoms. The molecule has 2 rings (SSSR count). The SMILES string of the molecule is Nc1ccc(N2C(=O)CC[C@@H]2C(F)(F)F)cc1. The zero-order valence-electron chi connectivity index (χ0n) is 8.87. The number of alkyl halides is 3. The van der Waals surface area contributed by atoms with Crippen molar-refractivity contribution >= 4 is 17.3 Å². The van der Waals surface area contributed by atoms with E-state index in [4.69, 9.17) is 5.73 Å². The zero-order valence-corrected chi connectivity index (χ0v) is 8.87. The number of carbonyl (C=O) groups is 1. The highest BCUT2D eigenvalue weighted by Crippen LogP contribution is 2.36. The smallest absolute Gasteiger partial charge is 0.399 e. The molecule has 1 aliphatic rings. The molecule has 6 heteroatoms. The van der Waals surface area contributed by atoms with Crippen LogP contribution in [-0.4, -0.2) is 18.1 Å². The minimum Gasteiger partial charge on any atom is -0.399 e. The van der Waals surface area contributed by atoms with Crippen molar-refractivity contribution in [3.8, 4) is 0 Å². The quantitative estimate of drug-likeness (QED) is 0.770. The molecule has 1 saturated heterocycles. The highest BCUT2D eigenvalue weighted by atomic mass is 19.4. The van der Waals surface area contributed by atoms with Crippen LogP contribution < -0.4 is 10.6 Å². The molecule has 2 N–H and O–H groups in total. The summed E-state index contributed by atoms with van der Waals surface area (Å²) in [5.41, 5.74) is 6.14. The average molecular weight is 244 g/mol. The fourth-order valence-corrected chi connectivity index (χ4v) is 1.95. The number of carbonyl (C=O) groups excluding carboxylic acids is 1. The van der Waals surface area contributed by atoms with Gasteiger partial charge in [-0.05, 0) is 30.7 Å². The van der Waals surface area contributed by atoms with E-state index in [9.17, 15) is 18.0 Å². The fraction of sp³-hybridized carbons (Fsp3) is 0.364. The van der Waals surface area contributed by atoms with Crippen LogP contribution in [0.4, 0.5) is 24.5 Å². The molecule has 0 saturated carbocycles. The molecule has 1 aromatic carbocycles. The van der Waals surface area contributed by atoms with E-state index >= 15 is 0 Å². The first kappa shape index (κ1) is 11.8. The number of anilines is 2. The summed E-state index contributed by atoms with van der Waals surface area (Å²) < 4.78 is 38.2. The molecule has 0 radical (unpaired) electrons. The topological polar surface area (TPSA) is 46.3 Å². The molecule has 1 atom stereocenters. The summed E-state index contributed by atoms with van der Waals surface area (Å²) in [7, 11) is 0. The van der Waals surface area contributed by atoms with Gasteiger partial charge in [0.05, 0.1) is 0 Å². The second-order valence-electron chi connectivity index (χ2n) is 3.95. The number of nitrogens with two attached hydrogens (primary N) is 1. The maximum Gasteiger partial charge on any atom is 0.409 e. The molecular formula is C11H11F3N2O. The van der Waals surface area contributed by atoms with Crippen LogP contribution in [-0.2, 0) is 4.79 Å². The molecule has 0 unspecified atom stereocenters. The lowest BCUT2D eigenvalue weighted by atomic mass is 10.2. The summed E-state index contributed by atoms with van der Waals surface area (Å²) in [4.78, 5) is 12.3. The fourth-order valence-electron chi connectivity index (χ4n) is 1.95. The average Bonchev–Trinajstić information content (AvgIpc) is 2.61. The number of rotatable bonds is 1. The van der Waals surface area contributed by atoms with Crippen molar-refractivity contribution in [1.29, 1.82) is 0 Å². The summed E-state index contributed by atoms with van der Waals surface area (Å²) in [6.45, 7) is 0. The number of halogens is 3. The first-order valence-electron chi connectivity index (χ1n) is 5.14. The molecule has 1 aliphatic heterocycles. The van der Waals surface area contributed by atoms with Crippen molar-refractivity contribution in [1.82, 2.24) is 0 Å². The highest BCUT2D eigenvalue weighted by molar-refractivity contribution is 5.96. The van der Waals surface area contributed by atoms with Gasteiger partial charge in [0.25, 0.3) is 0 Å². The minimum absolute atomic E-state index is 0.0748. The molecule has 0 aromatic heterocycles. The number of nitrogen functional groups attached to an aromatic ring is 1. The Kier molecular flexibility index (Phi) is 2.73. The number of benzene rings is 1. The lowest BCUT2D eigenvalue weighted by Gasteiger charge is -2.26. The van der Waals surface area contributed by atoms with E-state index in [1.54, 1.807) is 0 Å². The van der Waals surface area contributed by atoms with Crippen molar-refractivity contribution in [2.75, 3.05) is 10.6 Å². The zero-order chi connectivity index (χ0) is 12.6. The Morgan fingerprint density at radius 2 is 1.82 bits per heavy atom. The third-order valence-electron chi connectivity index (χ3n) is 2.76. The summed E-state index contributed by atoms with van der Waals surface area (Å²) in [5, 5.41) is 0. The monoisotopic (exact) mass is 244 g/mol. The van der Waals surface area contributed by atoms with E-state index in [-0.39, 0.29) is 18.5 Å². The van der Waals surface area contributed by atoms with Crippen LogP contribution in [0.3, 0.4) is 0 Å². The van der Waals surface area contributed by atoms with E-state index in [0.717, 1.165) is 4.90 Å². The molecule has 0 aliphatic carbocycles. The standard InChI is InChI=1S/C11H11F3N2O/c12-11(13,14)9-5-6-10(17)16(9)8-3-1-7(15)2-4-8/h1-4,9H,5-6,15H2/t9-/m1/s1. The van der Waals surface area contributed by atoms with E-state index in [2.05, 4.69) is 0 Å². The molecule has 92 valence electrons. The summed E-state index contributed by atoms with van der Waals surface area (Å²) in [6, 6.07) is 4.09. The molecule has 3 nitrogen and oxygen atoms in total. The molecule has 1 aromatic rings. The van der Waals surface area contributed by atoms with Gasteiger partial charge in [-0.25, -0.2) is 0 Å². The first-order valence-corrected chi connectivity index (χ1v) is 5.14. The maximum absolute atomic E-state index is 12.7. The van der Waals surface area contributed by atoms with Crippen LogP contribution in [0, 0.1) is 0 Å². The predicted molar refractivity (Wildman–Crippen MR) is 57.4 cm³/mol. The lowest BCUT2D eigenvalue weighted by Crippen LogP contribution is -2.43. The van der Waals surface area contributed by atoms with Crippen molar-refractivity contribution in [3.05, 3.63) is 24.3 Å². The Morgan fingerprint density at radius 3 is 2.35 bits per heavy atom. The van der Waals surface area contributed by atoms with Crippen LogP contribution in [0.5, 0.6) is 0 Å². The van der Waals surface area contributed by atoms with Crippen molar-refractivity contribution in [2.24, 2.45) is 0 Å². The van der Waals surface area contributed by atoms with Crippen LogP contribution in [0.2, 0.25) is 0 Å². The van der Waals surface area contributed by atoms with Gasteiger partial charge in [0.2, 0.25) is 5.91 Å². The number of hydrogen-bond acceptors (Lipinski definition) is 2. The second-order valence-corrected chi connectivity index (χ2v) is 3.95. The summed E-state index contributed by atoms with van der Waals surface area (Å²) >= 11 is 0. The second kappa shape index (κ2) is 3.94. The lowest BCUT2D eigenvalue weighted by molar-refractivity contribution is -0.148. The number of nitrogens with zero attached hydrogens (tertiary/aromatic N) is 1. The highest BCUT2D eigenvalue weighted by Gasteiger charge is 2.49. The Labute approximate surface area is 96.0 Å². The Hall–Kier alpha value is -1.72. The van der Waals surface area contributed by atoms with Gasteiger partial charge in [0.15, 0.2) is 0 Å². The maximum atomic E-state index is 12.7. The molecule has 1 heterocycles. The van der Waals surface area contributed by atoms with Gasteiger partial charge in [-0.2, -0.15) is 13.2 Å². The van der Waals surface area contributed by atoms with Gasteiger partial charge in [-0.15, -0.1) is 0 Å². The van der Waals surface area contributed by atoms with Gasteiger partial charge in [-0.1, -0.05) is 0 Å². The van der Waals surface area contributed by atoms with E-state index in [1.165, 1.54) is 24.3 Å². The molecular weight excluding hydrogens is 233 g/mol. The van der Waals surface area contributed by atoms with Gasteiger partial charge in [-0.3, -0.25) is 4.79 Å². The largest absolute Gasteiger partial charge is 0.409 e. The molecule has 17 heavy (non-hydrogen) atoms. The summed E-state index contributed by atoms with van der Waals surface area (Å²) in [6.07, 6.45) is -4.66. The Morgan fingerprint density at radius 1 is 1.24 bits per heavy atom. The van der Waals surface area contributed by atoms with Crippen LogP contribution in [0.15, 0.2) is 24.3 Å². The van der Waals surface area contributed by atoms with Crippen molar-refractivity contribution in [2.45, 2.75) is 25.1 Å². The van der Waals surface area contributed by atoms with Gasteiger partial charge in [0.1, 0.15) is 6.04 Å².